The Morgan fingerprint density at radius 3 is 2.74 bits per heavy atom. The van der Waals surface area contributed by atoms with Crippen molar-refractivity contribution in [3.63, 3.8) is 0 Å². The van der Waals surface area contributed by atoms with Crippen LogP contribution >= 0.6 is 11.6 Å². The SMILES string of the molecule is FC(F)(F)C1CCCC(NCc2cccc(Cl)c2)C1. The van der Waals surface area contributed by atoms with Crippen LogP contribution in [-0.2, 0) is 6.54 Å². The van der Waals surface area contributed by atoms with Crippen LogP contribution < -0.4 is 5.32 Å². The van der Waals surface area contributed by atoms with Crippen molar-refractivity contribution >= 4 is 11.6 Å². The van der Waals surface area contributed by atoms with E-state index in [0.717, 1.165) is 12.0 Å². The van der Waals surface area contributed by atoms with Gasteiger partial charge < -0.3 is 5.32 Å². The van der Waals surface area contributed by atoms with Crippen molar-refractivity contribution in [2.45, 2.75) is 44.4 Å². The van der Waals surface area contributed by atoms with Gasteiger partial charge >= 0.3 is 6.18 Å². The lowest BCUT2D eigenvalue weighted by atomic mass is 9.85. The maximum atomic E-state index is 12.7. The van der Waals surface area contributed by atoms with Crippen molar-refractivity contribution in [1.82, 2.24) is 5.32 Å². The minimum Gasteiger partial charge on any atom is -0.310 e. The fourth-order valence-corrected chi connectivity index (χ4v) is 2.79. The van der Waals surface area contributed by atoms with Gasteiger partial charge in [-0.3, -0.25) is 0 Å². The van der Waals surface area contributed by atoms with E-state index in [4.69, 9.17) is 11.6 Å². The monoisotopic (exact) mass is 291 g/mol. The molecule has 1 aliphatic carbocycles. The summed E-state index contributed by atoms with van der Waals surface area (Å²) in [6.45, 7) is 0.565. The van der Waals surface area contributed by atoms with E-state index >= 15 is 0 Å². The lowest BCUT2D eigenvalue weighted by molar-refractivity contribution is -0.183. The van der Waals surface area contributed by atoms with Crippen LogP contribution in [0.5, 0.6) is 0 Å². The van der Waals surface area contributed by atoms with Gasteiger partial charge in [-0.25, -0.2) is 0 Å². The first kappa shape index (κ1) is 14.7. The molecule has 2 atom stereocenters. The molecule has 1 aromatic carbocycles. The van der Waals surface area contributed by atoms with Crippen LogP contribution in [0, 0.1) is 5.92 Å². The van der Waals surface area contributed by atoms with E-state index in [1.807, 2.05) is 18.2 Å². The van der Waals surface area contributed by atoms with Crippen LogP contribution in [0.2, 0.25) is 5.02 Å². The molecule has 1 saturated carbocycles. The zero-order valence-corrected chi connectivity index (χ0v) is 11.3. The molecule has 0 spiro atoms. The van der Waals surface area contributed by atoms with Gasteiger partial charge in [0.1, 0.15) is 0 Å². The molecule has 2 unspecified atom stereocenters. The molecule has 1 aromatic rings. The van der Waals surface area contributed by atoms with Gasteiger partial charge in [-0.1, -0.05) is 30.2 Å². The van der Waals surface area contributed by atoms with E-state index in [0.29, 0.717) is 18.0 Å². The summed E-state index contributed by atoms with van der Waals surface area (Å²) < 4.78 is 38.1. The van der Waals surface area contributed by atoms with Gasteiger partial charge in [-0.2, -0.15) is 13.2 Å². The molecular weight excluding hydrogens is 275 g/mol. The number of hydrogen-bond acceptors (Lipinski definition) is 1. The summed E-state index contributed by atoms with van der Waals surface area (Å²) >= 11 is 5.87. The highest BCUT2D eigenvalue weighted by Gasteiger charge is 2.41. The molecule has 0 aromatic heterocycles. The summed E-state index contributed by atoms with van der Waals surface area (Å²) in [4.78, 5) is 0. The molecule has 1 aliphatic rings. The topological polar surface area (TPSA) is 12.0 Å². The minimum absolute atomic E-state index is 0.0562. The second kappa shape index (κ2) is 6.14. The van der Waals surface area contributed by atoms with Gasteiger partial charge in [-0.15, -0.1) is 0 Å². The molecule has 1 fully saturated rings. The molecular formula is C14H17ClF3N. The first-order valence-corrected chi connectivity index (χ1v) is 6.87. The normalized spacial score (nSPS) is 24.4. The third-order valence-corrected chi connectivity index (χ3v) is 3.86. The van der Waals surface area contributed by atoms with E-state index in [9.17, 15) is 13.2 Å². The highest BCUT2D eigenvalue weighted by Crippen LogP contribution is 2.37. The van der Waals surface area contributed by atoms with Crippen molar-refractivity contribution in [3.05, 3.63) is 34.9 Å². The van der Waals surface area contributed by atoms with Crippen LogP contribution in [-0.4, -0.2) is 12.2 Å². The predicted molar refractivity (Wildman–Crippen MR) is 70.1 cm³/mol. The van der Waals surface area contributed by atoms with Crippen molar-refractivity contribution < 1.29 is 13.2 Å². The largest absolute Gasteiger partial charge is 0.391 e. The van der Waals surface area contributed by atoms with Gasteiger partial charge in [0.2, 0.25) is 0 Å². The number of alkyl halides is 3. The summed E-state index contributed by atoms with van der Waals surface area (Å²) in [6.07, 6.45) is -2.16. The Morgan fingerprint density at radius 2 is 2.05 bits per heavy atom. The highest BCUT2D eigenvalue weighted by atomic mass is 35.5. The van der Waals surface area contributed by atoms with Crippen LogP contribution in [0.3, 0.4) is 0 Å². The minimum atomic E-state index is -4.06. The standard InChI is InChI=1S/C14H17ClF3N/c15-12-5-1-3-10(7-12)9-19-13-6-2-4-11(8-13)14(16,17)18/h1,3,5,7,11,13,19H,2,4,6,8-9H2. The summed E-state index contributed by atoms with van der Waals surface area (Å²) in [5.41, 5.74) is 1.00. The van der Waals surface area contributed by atoms with E-state index in [1.165, 1.54) is 0 Å². The average Bonchev–Trinajstić information content (AvgIpc) is 2.36. The Bertz CT molecular complexity index is 419. The van der Waals surface area contributed by atoms with Crippen LogP contribution in [0.4, 0.5) is 13.2 Å². The molecule has 19 heavy (non-hydrogen) atoms. The maximum Gasteiger partial charge on any atom is 0.391 e. The fraction of sp³-hybridized carbons (Fsp3) is 0.571. The molecule has 0 saturated heterocycles. The first-order chi connectivity index (χ1) is 8.95. The van der Waals surface area contributed by atoms with E-state index in [2.05, 4.69) is 5.32 Å². The lowest BCUT2D eigenvalue weighted by Crippen LogP contribution is -2.38. The highest BCUT2D eigenvalue weighted by molar-refractivity contribution is 6.30. The number of nitrogens with one attached hydrogen (secondary N) is 1. The first-order valence-electron chi connectivity index (χ1n) is 6.49. The quantitative estimate of drug-likeness (QED) is 0.861. The Hall–Kier alpha value is -0.740. The number of halogens is 4. The molecule has 1 N–H and O–H groups in total. The van der Waals surface area contributed by atoms with Crippen LogP contribution in [0.15, 0.2) is 24.3 Å². The molecule has 0 bridgehead atoms. The Morgan fingerprint density at radius 1 is 1.26 bits per heavy atom. The molecule has 106 valence electrons. The fourth-order valence-electron chi connectivity index (χ4n) is 2.58. The maximum absolute atomic E-state index is 12.7. The predicted octanol–water partition coefficient (Wildman–Crippen LogP) is 4.55. The van der Waals surface area contributed by atoms with Crippen LogP contribution in [0.1, 0.15) is 31.2 Å². The van der Waals surface area contributed by atoms with E-state index < -0.39 is 12.1 Å². The molecule has 2 rings (SSSR count). The van der Waals surface area contributed by atoms with Crippen molar-refractivity contribution in [3.8, 4) is 0 Å². The summed E-state index contributed by atoms with van der Waals surface area (Å²) in [6, 6.07) is 7.32. The number of hydrogen-bond donors (Lipinski definition) is 1. The average molecular weight is 292 g/mol. The van der Waals surface area contributed by atoms with E-state index in [-0.39, 0.29) is 18.9 Å². The van der Waals surface area contributed by atoms with Crippen molar-refractivity contribution in [2.75, 3.05) is 0 Å². The molecule has 0 radical (unpaired) electrons. The van der Waals surface area contributed by atoms with Gasteiger partial charge in [0.25, 0.3) is 0 Å². The number of rotatable bonds is 3. The van der Waals surface area contributed by atoms with Gasteiger partial charge in [0.15, 0.2) is 0 Å². The smallest absolute Gasteiger partial charge is 0.310 e. The van der Waals surface area contributed by atoms with E-state index in [1.54, 1.807) is 6.07 Å². The molecule has 0 heterocycles. The molecule has 5 heteroatoms. The Kier molecular flexibility index (Phi) is 4.74. The zero-order chi connectivity index (χ0) is 13.9. The second-order valence-electron chi connectivity index (χ2n) is 5.11. The second-order valence-corrected chi connectivity index (χ2v) is 5.55. The Balaban J connectivity index is 1.86. The van der Waals surface area contributed by atoms with Gasteiger partial charge in [0, 0.05) is 17.6 Å². The molecule has 0 amide bonds. The molecule has 0 aliphatic heterocycles. The van der Waals surface area contributed by atoms with Crippen molar-refractivity contribution in [2.24, 2.45) is 5.92 Å². The molecule has 1 nitrogen and oxygen atoms in total. The summed E-state index contributed by atoms with van der Waals surface area (Å²) in [5.74, 6) is -1.15. The Labute approximate surface area is 116 Å². The van der Waals surface area contributed by atoms with Gasteiger partial charge in [0.05, 0.1) is 5.92 Å². The summed E-state index contributed by atoms with van der Waals surface area (Å²) in [7, 11) is 0. The summed E-state index contributed by atoms with van der Waals surface area (Å²) in [5, 5.41) is 3.86. The van der Waals surface area contributed by atoms with Crippen molar-refractivity contribution in [1.29, 1.82) is 0 Å². The third kappa shape index (κ3) is 4.39. The van der Waals surface area contributed by atoms with Crippen LogP contribution in [0.25, 0.3) is 0 Å². The third-order valence-electron chi connectivity index (χ3n) is 3.62. The lowest BCUT2D eigenvalue weighted by Gasteiger charge is -2.31. The van der Waals surface area contributed by atoms with Gasteiger partial charge in [-0.05, 0) is 37.0 Å². The zero-order valence-electron chi connectivity index (χ0n) is 10.5. The number of benzene rings is 1.